The summed E-state index contributed by atoms with van der Waals surface area (Å²) in [4.78, 5) is 15.1. The number of rotatable bonds is 5. The van der Waals surface area contributed by atoms with E-state index in [4.69, 9.17) is 24.1 Å². The summed E-state index contributed by atoms with van der Waals surface area (Å²) < 4.78 is 13.5. The highest BCUT2D eigenvalue weighted by Crippen LogP contribution is 2.52. The van der Waals surface area contributed by atoms with E-state index in [2.05, 4.69) is 111 Å². The first-order chi connectivity index (χ1) is 26.5. The summed E-state index contributed by atoms with van der Waals surface area (Å²) in [5.74, 6) is 3.72. The van der Waals surface area contributed by atoms with Gasteiger partial charge in [0, 0.05) is 50.2 Å². The lowest BCUT2D eigenvalue weighted by Crippen LogP contribution is -2.32. The SMILES string of the molecule is CC1CC=Cc2oc3c(-c4cc(-c5nc(-c6ccccc6)nc(-c6ccccc6C#N)n5)cc(-c5cccc6c5OC5(C)C=CC=CC65)c4)cccc3c21. The molecule has 1 aliphatic heterocycles. The predicted octanol–water partition coefficient (Wildman–Crippen LogP) is 11.7. The average molecular weight is 699 g/mol. The van der Waals surface area contributed by atoms with Crippen LogP contribution in [0.3, 0.4) is 0 Å². The lowest BCUT2D eigenvalue weighted by atomic mass is 9.82. The number of para-hydroxylation sites is 2. The second kappa shape index (κ2) is 12.4. The second-order valence-electron chi connectivity index (χ2n) is 14.5. The van der Waals surface area contributed by atoms with Crippen LogP contribution < -0.4 is 4.74 Å². The molecule has 3 unspecified atom stereocenters. The first-order valence-electron chi connectivity index (χ1n) is 18.3. The Morgan fingerprint density at radius 2 is 1.43 bits per heavy atom. The highest BCUT2D eigenvalue weighted by molar-refractivity contribution is 5.98. The van der Waals surface area contributed by atoms with E-state index in [9.17, 15) is 5.26 Å². The van der Waals surface area contributed by atoms with Gasteiger partial charge in [-0.15, -0.1) is 0 Å². The third-order valence-electron chi connectivity index (χ3n) is 11.0. The van der Waals surface area contributed by atoms with Crippen LogP contribution in [0.15, 0.2) is 144 Å². The van der Waals surface area contributed by atoms with E-state index >= 15 is 0 Å². The van der Waals surface area contributed by atoms with Gasteiger partial charge in [0.1, 0.15) is 22.7 Å². The molecule has 2 aliphatic carbocycles. The smallest absolute Gasteiger partial charge is 0.165 e. The molecule has 258 valence electrons. The Morgan fingerprint density at radius 1 is 0.722 bits per heavy atom. The molecule has 0 radical (unpaired) electrons. The number of nitriles is 1. The minimum Gasteiger partial charge on any atom is -0.482 e. The van der Waals surface area contributed by atoms with Crippen molar-refractivity contribution < 1.29 is 9.15 Å². The molecule has 7 aromatic rings. The average Bonchev–Trinajstić information content (AvgIpc) is 3.76. The molecule has 0 bridgehead atoms. The monoisotopic (exact) mass is 698 g/mol. The summed E-state index contributed by atoms with van der Waals surface area (Å²) in [6.45, 7) is 4.41. The van der Waals surface area contributed by atoms with E-state index < -0.39 is 5.60 Å². The maximum absolute atomic E-state index is 10.1. The number of nitrogens with zero attached hydrogens (tertiary/aromatic N) is 4. The number of benzene rings is 5. The molecule has 0 N–H and O–H groups in total. The van der Waals surface area contributed by atoms with Crippen molar-refractivity contribution in [3.63, 3.8) is 0 Å². The van der Waals surface area contributed by atoms with Crippen molar-refractivity contribution in [1.82, 2.24) is 15.0 Å². The van der Waals surface area contributed by atoms with Crippen molar-refractivity contribution in [3.05, 3.63) is 162 Å². The lowest BCUT2D eigenvalue weighted by Gasteiger charge is -2.27. The normalized spacial score (nSPS) is 19.2. The molecule has 5 aromatic carbocycles. The van der Waals surface area contributed by atoms with E-state index in [1.165, 1.54) is 5.56 Å². The zero-order valence-corrected chi connectivity index (χ0v) is 29.8. The van der Waals surface area contributed by atoms with E-state index in [1.807, 2.05) is 48.5 Å². The van der Waals surface area contributed by atoms with Crippen LogP contribution in [0.4, 0.5) is 0 Å². The fourth-order valence-electron chi connectivity index (χ4n) is 8.29. The van der Waals surface area contributed by atoms with Crippen LogP contribution in [0.25, 0.3) is 73.5 Å². The van der Waals surface area contributed by atoms with Gasteiger partial charge in [-0.05, 0) is 72.9 Å². The van der Waals surface area contributed by atoms with E-state index in [0.29, 0.717) is 34.5 Å². The zero-order chi connectivity index (χ0) is 36.4. The standard InChI is InChI=1S/C48H34N4O2/c1-29-13-10-23-41-42(29)39-21-12-18-35(43(39)53-41)32-25-33(36-19-11-20-38-40-22-8-9-24-48(40,2)54-44(36)38)27-34(26-32)46-50-45(30-14-4-3-5-15-30)51-47(52-46)37-17-7-6-16-31(37)28-49/h3-12,14-27,29,40H,13H2,1-2H3. The van der Waals surface area contributed by atoms with Gasteiger partial charge in [-0.25, -0.2) is 15.0 Å². The molecule has 0 amide bonds. The van der Waals surface area contributed by atoms with Gasteiger partial charge in [0.25, 0.3) is 0 Å². The number of fused-ring (bicyclic) bond motifs is 6. The number of hydrogen-bond acceptors (Lipinski definition) is 6. The first kappa shape index (κ1) is 31.9. The van der Waals surface area contributed by atoms with E-state index in [-0.39, 0.29) is 5.92 Å². The summed E-state index contributed by atoms with van der Waals surface area (Å²) in [5.41, 5.74) is 9.51. The van der Waals surface area contributed by atoms with E-state index in [0.717, 1.165) is 67.8 Å². The molecule has 10 rings (SSSR count). The molecule has 0 saturated heterocycles. The van der Waals surface area contributed by atoms with Crippen LogP contribution in [0.5, 0.6) is 5.75 Å². The van der Waals surface area contributed by atoms with Gasteiger partial charge in [0.05, 0.1) is 11.6 Å². The van der Waals surface area contributed by atoms with Crippen LogP contribution in [0, 0.1) is 11.3 Å². The molecular formula is C48H34N4O2. The third-order valence-corrected chi connectivity index (χ3v) is 11.0. The van der Waals surface area contributed by atoms with Gasteiger partial charge < -0.3 is 9.15 Å². The molecule has 3 atom stereocenters. The molecule has 54 heavy (non-hydrogen) atoms. The number of ether oxygens (including phenoxy) is 1. The summed E-state index contributed by atoms with van der Waals surface area (Å²) >= 11 is 0. The Labute approximate surface area is 313 Å². The molecule has 6 nitrogen and oxygen atoms in total. The number of aromatic nitrogens is 3. The Morgan fingerprint density at radius 3 is 2.28 bits per heavy atom. The van der Waals surface area contributed by atoms with Gasteiger partial charge in [-0.3, -0.25) is 0 Å². The highest BCUT2D eigenvalue weighted by Gasteiger charge is 2.43. The molecule has 0 saturated carbocycles. The van der Waals surface area contributed by atoms with Crippen LogP contribution in [-0.4, -0.2) is 20.6 Å². The Kier molecular flexibility index (Phi) is 7.31. The van der Waals surface area contributed by atoms with Crippen LogP contribution >= 0.6 is 0 Å². The van der Waals surface area contributed by atoms with Crippen molar-refractivity contribution in [2.45, 2.75) is 37.7 Å². The van der Waals surface area contributed by atoms with Crippen molar-refractivity contribution in [1.29, 1.82) is 5.26 Å². The second-order valence-corrected chi connectivity index (χ2v) is 14.5. The summed E-state index contributed by atoms with van der Waals surface area (Å²) in [6.07, 6.45) is 13.8. The Bertz CT molecular complexity index is 2790. The molecule has 0 fully saturated rings. The molecule has 0 spiro atoms. The number of hydrogen-bond donors (Lipinski definition) is 0. The van der Waals surface area contributed by atoms with E-state index in [1.54, 1.807) is 6.07 Å². The number of furan rings is 1. The summed E-state index contributed by atoms with van der Waals surface area (Å²) in [5, 5.41) is 11.2. The van der Waals surface area contributed by atoms with Crippen molar-refractivity contribution in [3.8, 4) is 68.2 Å². The van der Waals surface area contributed by atoms with Crippen LogP contribution in [0.2, 0.25) is 0 Å². The molecule has 2 aromatic heterocycles. The Hall–Kier alpha value is -6.84. The van der Waals surface area contributed by atoms with Crippen molar-refractivity contribution in [2.24, 2.45) is 0 Å². The largest absolute Gasteiger partial charge is 0.482 e. The van der Waals surface area contributed by atoms with Gasteiger partial charge in [0.15, 0.2) is 17.5 Å². The maximum Gasteiger partial charge on any atom is 0.165 e. The number of allylic oxidation sites excluding steroid dienone is 3. The van der Waals surface area contributed by atoms with Crippen LogP contribution in [-0.2, 0) is 0 Å². The fourth-order valence-corrected chi connectivity index (χ4v) is 8.29. The fraction of sp³-hybridized carbons (Fsp3) is 0.125. The van der Waals surface area contributed by atoms with Crippen molar-refractivity contribution in [2.75, 3.05) is 0 Å². The van der Waals surface area contributed by atoms with Gasteiger partial charge in [0.2, 0.25) is 0 Å². The quantitative estimate of drug-likeness (QED) is 0.178. The molecular weight excluding hydrogens is 665 g/mol. The molecule has 3 heterocycles. The lowest BCUT2D eigenvalue weighted by molar-refractivity contribution is 0.156. The summed E-state index contributed by atoms with van der Waals surface area (Å²) in [6, 6.07) is 39.0. The van der Waals surface area contributed by atoms with Crippen LogP contribution in [0.1, 0.15) is 54.6 Å². The molecule has 6 heteroatoms. The first-order valence-corrected chi connectivity index (χ1v) is 18.3. The zero-order valence-electron chi connectivity index (χ0n) is 29.8. The molecule has 3 aliphatic rings. The van der Waals surface area contributed by atoms with Gasteiger partial charge in [-0.2, -0.15) is 5.26 Å². The van der Waals surface area contributed by atoms with Gasteiger partial charge >= 0.3 is 0 Å². The van der Waals surface area contributed by atoms with Gasteiger partial charge in [-0.1, -0.05) is 110 Å². The van der Waals surface area contributed by atoms with Crippen molar-refractivity contribution >= 4 is 17.0 Å². The minimum absolute atomic E-state index is 0.109. The topological polar surface area (TPSA) is 84.8 Å². The predicted molar refractivity (Wildman–Crippen MR) is 214 cm³/mol. The minimum atomic E-state index is -0.474. The summed E-state index contributed by atoms with van der Waals surface area (Å²) in [7, 11) is 0. The third kappa shape index (κ3) is 5.12. The Balaban J connectivity index is 1.23. The highest BCUT2D eigenvalue weighted by atomic mass is 16.5. The maximum atomic E-state index is 10.1.